The van der Waals surface area contributed by atoms with Gasteiger partial charge < -0.3 is 109 Å². The molecule has 3 rings (SSSR count). The molecule has 33 nitrogen and oxygen atoms in total. The minimum absolute atomic E-state index is 0.0127. The fourth-order valence-electron chi connectivity index (χ4n) is 10.2. The number of hydrogen-bond acceptors (Lipinski definition) is 23. The zero-order valence-corrected chi connectivity index (χ0v) is 55.2. The van der Waals surface area contributed by atoms with Crippen molar-refractivity contribution in [1.82, 2.24) is 47.4 Å². The number of hydrogen-bond donors (Lipinski definition) is 17. The SMILES string of the molecule is CC[C@H](C)[C@H](NC(=O)[C@H](C)N)C(=O)N[C@H](C(=O)N[C@@H](C)C(=O)N(C(=O)CO[C@H]1O[C@H](CO)[C@H](O)[C@H](O[C@@H]2O[C@H](CO)[C@H](O)[C@H](O)[C@H]2O)[C@H]1NC(C)=O)[C@@H](CCCCN)C(=O)N[C@@H](Cc1ccccc1)C(=O)N[C@@H](C)C(=O)N[C@@H](C)C(=O)N[C@@H](CC(C)C)C(=O)O)[C@@H](C)CC. The number of carboxylic acid groups (broad SMARTS) is 1. The van der Waals surface area contributed by atoms with E-state index in [1.165, 1.54) is 27.7 Å². The van der Waals surface area contributed by atoms with Gasteiger partial charge in [-0.15, -0.1) is 0 Å². The summed E-state index contributed by atoms with van der Waals surface area (Å²) in [4.78, 5) is 154. The van der Waals surface area contributed by atoms with E-state index >= 15 is 14.4 Å². The average molecular weight is 1340 g/mol. The van der Waals surface area contributed by atoms with Crippen LogP contribution in [0.3, 0.4) is 0 Å². The van der Waals surface area contributed by atoms with Crippen molar-refractivity contribution in [2.24, 2.45) is 29.2 Å². The molecule has 2 aliphatic heterocycles. The monoisotopic (exact) mass is 1340 g/mol. The molecule has 10 amide bonds. The first-order valence-corrected chi connectivity index (χ1v) is 31.7. The zero-order valence-electron chi connectivity index (χ0n) is 55.2. The van der Waals surface area contributed by atoms with Crippen LogP contribution in [0.2, 0.25) is 0 Å². The highest BCUT2D eigenvalue weighted by atomic mass is 16.7. The molecule has 0 unspecified atom stereocenters. The summed E-state index contributed by atoms with van der Waals surface area (Å²) >= 11 is 0. The number of benzene rings is 1. The lowest BCUT2D eigenvalue weighted by atomic mass is 9.94. The van der Waals surface area contributed by atoms with E-state index in [4.69, 9.17) is 30.4 Å². The van der Waals surface area contributed by atoms with Gasteiger partial charge in [-0.25, -0.2) is 4.79 Å². The second kappa shape index (κ2) is 39.2. The van der Waals surface area contributed by atoms with Gasteiger partial charge in [-0.3, -0.25) is 52.8 Å². The molecular formula is C61H101N11O22. The Morgan fingerprint density at radius 2 is 1.12 bits per heavy atom. The fourth-order valence-corrected chi connectivity index (χ4v) is 10.2. The van der Waals surface area contributed by atoms with E-state index in [1.54, 1.807) is 71.9 Å². The van der Waals surface area contributed by atoms with Gasteiger partial charge in [0.25, 0.3) is 11.8 Å². The highest BCUT2D eigenvalue weighted by Gasteiger charge is 2.52. The van der Waals surface area contributed by atoms with Crippen LogP contribution in [0.15, 0.2) is 30.3 Å². The van der Waals surface area contributed by atoms with Crippen LogP contribution < -0.4 is 54.0 Å². The van der Waals surface area contributed by atoms with Crippen molar-refractivity contribution in [3.8, 4) is 0 Å². The van der Waals surface area contributed by atoms with Gasteiger partial charge in [-0.05, 0) is 83.2 Å². The number of aliphatic carboxylic acids is 1. The van der Waals surface area contributed by atoms with Crippen LogP contribution in [-0.2, 0) is 78.1 Å². The van der Waals surface area contributed by atoms with Gasteiger partial charge in [0.1, 0.15) is 104 Å². The van der Waals surface area contributed by atoms with Crippen molar-refractivity contribution in [2.75, 3.05) is 26.4 Å². The first-order chi connectivity index (χ1) is 44.2. The molecule has 33 heteroatoms. The third-order valence-corrected chi connectivity index (χ3v) is 16.3. The van der Waals surface area contributed by atoms with E-state index in [1.807, 2.05) is 0 Å². The summed E-state index contributed by atoms with van der Waals surface area (Å²) in [6.45, 7) is 13.4. The van der Waals surface area contributed by atoms with E-state index < -0.39 is 219 Å². The van der Waals surface area contributed by atoms with Crippen molar-refractivity contribution in [2.45, 2.75) is 237 Å². The molecule has 0 saturated carbocycles. The maximum atomic E-state index is 15.4. The van der Waals surface area contributed by atoms with E-state index in [-0.39, 0.29) is 44.6 Å². The van der Waals surface area contributed by atoms with Crippen molar-refractivity contribution >= 4 is 65.0 Å². The van der Waals surface area contributed by atoms with Crippen LogP contribution in [0, 0.1) is 17.8 Å². The van der Waals surface area contributed by atoms with Gasteiger partial charge in [-0.1, -0.05) is 84.7 Å². The molecule has 532 valence electrons. The molecule has 2 aliphatic rings. The highest BCUT2D eigenvalue weighted by Crippen LogP contribution is 2.30. The Labute approximate surface area is 546 Å². The van der Waals surface area contributed by atoms with Crippen LogP contribution >= 0.6 is 0 Å². The number of nitrogens with two attached hydrogens (primary N) is 2. The summed E-state index contributed by atoms with van der Waals surface area (Å²) in [5, 5.41) is 93.6. The zero-order chi connectivity index (χ0) is 71.0. The van der Waals surface area contributed by atoms with E-state index in [9.17, 15) is 74.1 Å². The summed E-state index contributed by atoms with van der Waals surface area (Å²) in [6.07, 6.45) is -16.5. The third-order valence-electron chi connectivity index (χ3n) is 16.3. The molecule has 0 spiro atoms. The van der Waals surface area contributed by atoms with Crippen LogP contribution in [0.1, 0.15) is 120 Å². The highest BCUT2D eigenvalue weighted by molar-refractivity contribution is 6.05. The quantitative estimate of drug-likeness (QED) is 0.0277. The lowest BCUT2D eigenvalue weighted by Crippen LogP contribution is -2.68. The van der Waals surface area contributed by atoms with Crippen molar-refractivity contribution < 1.29 is 107 Å². The van der Waals surface area contributed by atoms with Gasteiger partial charge in [-0.2, -0.15) is 0 Å². The number of unbranched alkanes of at least 4 members (excludes halogenated alkanes) is 1. The number of aliphatic hydroxyl groups is 6. The first-order valence-electron chi connectivity index (χ1n) is 31.7. The molecule has 0 aliphatic carbocycles. The number of ether oxygens (including phenoxy) is 4. The van der Waals surface area contributed by atoms with Crippen LogP contribution in [0.5, 0.6) is 0 Å². The maximum absolute atomic E-state index is 15.4. The number of carbonyl (C=O) groups is 11. The summed E-state index contributed by atoms with van der Waals surface area (Å²) < 4.78 is 23.2. The van der Waals surface area contributed by atoms with E-state index in [0.29, 0.717) is 16.9 Å². The Bertz CT molecular complexity index is 2680. The predicted molar refractivity (Wildman–Crippen MR) is 333 cm³/mol. The Balaban J connectivity index is 2.20. The van der Waals surface area contributed by atoms with Gasteiger partial charge in [0, 0.05) is 13.3 Å². The Hall–Kier alpha value is -6.89. The number of nitrogens with one attached hydrogen (secondary N) is 8. The topological polar surface area (TPSA) is 518 Å². The summed E-state index contributed by atoms with van der Waals surface area (Å²) in [7, 11) is 0. The normalized spacial score (nSPS) is 24.7. The molecule has 2 saturated heterocycles. The fraction of sp³-hybridized carbons (Fsp3) is 0.721. The van der Waals surface area contributed by atoms with Crippen molar-refractivity contribution in [1.29, 1.82) is 0 Å². The van der Waals surface area contributed by atoms with Crippen LogP contribution in [0.25, 0.3) is 0 Å². The lowest BCUT2D eigenvalue weighted by molar-refractivity contribution is -0.344. The van der Waals surface area contributed by atoms with Crippen LogP contribution in [-0.4, -0.2) is 248 Å². The maximum Gasteiger partial charge on any atom is 0.326 e. The molecule has 2 fully saturated rings. The van der Waals surface area contributed by atoms with Gasteiger partial charge >= 0.3 is 5.97 Å². The minimum Gasteiger partial charge on any atom is -0.480 e. The van der Waals surface area contributed by atoms with Crippen LogP contribution in [0.4, 0.5) is 0 Å². The van der Waals surface area contributed by atoms with Crippen molar-refractivity contribution in [3.05, 3.63) is 35.9 Å². The number of amides is 10. The number of nitrogens with zero attached hydrogens (tertiary/aromatic N) is 1. The minimum atomic E-state index is -2.05. The third kappa shape index (κ3) is 23.8. The van der Waals surface area contributed by atoms with E-state index in [0.717, 1.165) is 6.92 Å². The largest absolute Gasteiger partial charge is 0.480 e. The predicted octanol–water partition coefficient (Wildman–Crippen LogP) is -5.11. The first kappa shape index (κ1) is 81.3. The Morgan fingerprint density at radius 3 is 1.64 bits per heavy atom. The molecular weight excluding hydrogens is 1240 g/mol. The summed E-state index contributed by atoms with van der Waals surface area (Å²) in [5.41, 5.74) is 12.2. The molecule has 1 aromatic rings. The molecule has 2 heterocycles. The number of carboxylic acids is 1. The summed E-state index contributed by atoms with van der Waals surface area (Å²) in [5.74, 6) is -12.3. The smallest absolute Gasteiger partial charge is 0.326 e. The molecule has 1 aromatic carbocycles. The Kier molecular flexibility index (Phi) is 33.9. The molecule has 0 radical (unpaired) electrons. The second-order valence-corrected chi connectivity index (χ2v) is 24.5. The average Bonchev–Trinajstić information content (AvgIpc) is 0.897. The molecule has 19 N–H and O–H groups in total. The summed E-state index contributed by atoms with van der Waals surface area (Å²) in [6, 6.07) is -6.46. The number of imide groups is 1. The number of carbonyl (C=O) groups excluding carboxylic acids is 10. The molecule has 0 aromatic heterocycles. The van der Waals surface area contributed by atoms with Gasteiger partial charge in [0.15, 0.2) is 12.6 Å². The number of aliphatic hydroxyl groups excluding tert-OH is 6. The molecule has 94 heavy (non-hydrogen) atoms. The molecule has 0 bridgehead atoms. The lowest BCUT2D eigenvalue weighted by Gasteiger charge is -2.47. The van der Waals surface area contributed by atoms with E-state index in [2.05, 4.69) is 42.5 Å². The Morgan fingerprint density at radius 1 is 0.606 bits per heavy atom. The number of rotatable bonds is 37. The van der Waals surface area contributed by atoms with Crippen molar-refractivity contribution in [3.63, 3.8) is 0 Å². The van der Waals surface area contributed by atoms with Gasteiger partial charge in [0.2, 0.25) is 47.3 Å². The molecule has 21 atom stereocenters. The van der Waals surface area contributed by atoms with Gasteiger partial charge in [0.05, 0.1) is 19.3 Å². The second-order valence-electron chi connectivity index (χ2n) is 24.5. The standard InChI is InChI=1S/C61H101N11O22/c1-12-29(5)43(71-57(87)44(30(6)13-2)70-51(81)31(7)63)56(86)66-34(10)58(88)72(42(76)27-91-60-45(67-35(11)75)50(47(78)41(26-74)92-60)94-61-49(80)48(79)46(77)40(25-73)93-61)39(21-17-18-22-62)55(85)68-37(24-36-19-15-14-16-20-36)54(84)65-32(8)52(82)64-33(9)53(83)69-38(59(89)90)23-28(3)4/h14-16,19-20,28-34,37-41,43-50,60-61,73-74,77-80H,12-13,17-18,21-27,62-63H2,1-11H3,(H,64,82)(H,65,84)(H,66,86)(H,67,75)(H,68,85)(H,69,83)(H,70,81)(H,71,87)(H,89,90)/t29-,30-,31-,32-,33-,34-,37-,38-,39-,40+,41+,43-,44-,45+,46-,47-,48-,49+,50+,60-,61-/m0/s1.